The van der Waals surface area contributed by atoms with E-state index in [4.69, 9.17) is 10.8 Å². The number of carbonyl (C=O) groups excluding carboxylic acids is 1. The summed E-state index contributed by atoms with van der Waals surface area (Å²) in [5.74, 6) is -1.12. The van der Waals surface area contributed by atoms with Crippen molar-refractivity contribution in [3.8, 4) is 0 Å². The summed E-state index contributed by atoms with van der Waals surface area (Å²) in [6, 6.07) is -1.10. The summed E-state index contributed by atoms with van der Waals surface area (Å²) in [5.41, 5.74) is 5.16. The fraction of sp³-hybridized carbons (Fsp3) is 0.778. The molecule has 0 aliphatic rings. The molecule has 0 heterocycles. The van der Waals surface area contributed by atoms with Gasteiger partial charge in [-0.15, -0.1) is 0 Å². The Morgan fingerprint density at radius 3 is 2.29 bits per heavy atom. The molecule has 0 rings (SSSR count). The summed E-state index contributed by atoms with van der Waals surface area (Å²) >= 11 is 0. The van der Waals surface area contributed by atoms with Gasteiger partial charge >= 0.3 is 5.97 Å². The molecular formula is C9H20N2O3. The summed E-state index contributed by atoms with van der Waals surface area (Å²) in [7, 11) is 0. The molecule has 1 atom stereocenters. The van der Waals surface area contributed by atoms with E-state index in [1.807, 2.05) is 13.8 Å². The Hall–Kier alpha value is -1.10. The van der Waals surface area contributed by atoms with Gasteiger partial charge in [0.1, 0.15) is 6.04 Å². The van der Waals surface area contributed by atoms with E-state index >= 15 is 0 Å². The zero-order valence-corrected chi connectivity index (χ0v) is 7.91. The second kappa shape index (κ2) is 7.32. The molecule has 1 amide bonds. The lowest BCUT2D eigenvalue weighted by molar-refractivity contribution is -0.140. The van der Waals surface area contributed by atoms with Crippen LogP contribution in [0.15, 0.2) is 0 Å². The Kier molecular flexibility index (Phi) is 8.04. The first-order valence-electron chi connectivity index (χ1n) is 4.18. The number of hydrogen-bond acceptors (Lipinski definition) is 3. The lowest BCUT2D eigenvalue weighted by Crippen LogP contribution is -2.37. The number of rotatable bonds is 5. The molecule has 0 saturated heterocycles. The van der Waals surface area contributed by atoms with Gasteiger partial charge in [-0.3, -0.25) is 9.59 Å². The number of hydrogen-bond donors (Lipinski definition) is 3. The van der Waals surface area contributed by atoms with E-state index < -0.39 is 12.0 Å². The smallest absolute Gasteiger partial charge is 0.321 e. The molecule has 84 valence electrons. The van der Waals surface area contributed by atoms with Crippen molar-refractivity contribution in [3.63, 3.8) is 0 Å². The summed E-state index contributed by atoms with van der Waals surface area (Å²) < 4.78 is 0. The molecule has 1 unspecified atom stereocenters. The fourth-order valence-corrected chi connectivity index (χ4v) is 0.677. The third-order valence-electron chi connectivity index (χ3n) is 1.43. The van der Waals surface area contributed by atoms with Crippen molar-refractivity contribution in [2.24, 2.45) is 11.7 Å². The number of carboxylic acid groups (broad SMARTS) is 1. The van der Waals surface area contributed by atoms with Crippen molar-refractivity contribution in [3.05, 3.63) is 0 Å². The normalized spacial score (nSPS) is 11.7. The highest BCUT2D eigenvalue weighted by Gasteiger charge is 2.15. The largest absolute Gasteiger partial charge is 0.480 e. The molecule has 0 bridgehead atoms. The number of aliphatic carboxylic acids is 1. The Morgan fingerprint density at radius 1 is 1.43 bits per heavy atom. The van der Waals surface area contributed by atoms with Crippen molar-refractivity contribution >= 4 is 11.9 Å². The zero-order chi connectivity index (χ0) is 10.4. The second-order valence-electron chi connectivity index (χ2n) is 3.35. The van der Waals surface area contributed by atoms with Crippen molar-refractivity contribution in [2.75, 3.05) is 6.54 Å². The van der Waals surface area contributed by atoms with Crippen LogP contribution in [0.25, 0.3) is 0 Å². The SMILES string of the molecule is C.CC(C)CNC(=O)CC(N)C(=O)O. The van der Waals surface area contributed by atoms with Crippen LogP contribution in [0.3, 0.4) is 0 Å². The summed E-state index contributed by atoms with van der Waals surface area (Å²) in [6.45, 7) is 4.46. The molecule has 0 aliphatic heterocycles. The lowest BCUT2D eigenvalue weighted by Gasteiger charge is -2.09. The van der Waals surface area contributed by atoms with Gasteiger partial charge in [-0.2, -0.15) is 0 Å². The number of nitrogens with two attached hydrogens (primary N) is 1. The van der Waals surface area contributed by atoms with Crippen molar-refractivity contribution in [2.45, 2.75) is 33.7 Å². The van der Waals surface area contributed by atoms with Gasteiger partial charge in [-0.25, -0.2) is 0 Å². The quantitative estimate of drug-likeness (QED) is 0.596. The van der Waals surface area contributed by atoms with Gasteiger partial charge in [-0.1, -0.05) is 21.3 Å². The van der Waals surface area contributed by atoms with Crippen molar-refractivity contribution in [1.82, 2.24) is 5.32 Å². The van der Waals surface area contributed by atoms with Gasteiger partial charge in [0.05, 0.1) is 6.42 Å². The van der Waals surface area contributed by atoms with E-state index in [0.717, 1.165) is 0 Å². The minimum absolute atomic E-state index is 0. The average Bonchev–Trinajstić information content (AvgIpc) is 2.00. The van der Waals surface area contributed by atoms with Gasteiger partial charge in [0, 0.05) is 6.54 Å². The molecule has 14 heavy (non-hydrogen) atoms. The minimum atomic E-state index is -1.15. The van der Waals surface area contributed by atoms with Gasteiger partial charge in [-0.05, 0) is 5.92 Å². The number of amides is 1. The first-order valence-corrected chi connectivity index (χ1v) is 4.18. The average molecular weight is 204 g/mol. The first-order chi connectivity index (χ1) is 5.93. The first kappa shape index (κ1) is 15.4. The van der Waals surface area contributed by atoms with Crippen LogP contribution >= 0.6 is 0 Å². The highest BCUT2D eigenvalue weighted by Crippen LogP contribution is 1.91. The molecule has 0 aromatic rings. The molecule has 0 aliphatic carbocycles. The molecule has 0 aromatic heterocycles. The van der Waals surface area contributed by atoms with Gasteiger partial charge < -0.3 is 16.2 Å². The Bertz CT molecular complexity index is 192. The van der Waals surface area contributed by atoms with E-state index in [1.165, 1.54) is 0 Å². The third-order valence-corrected chi connectivity index (χ3v) is 1.43. The van der Waals surface area contributed by atoms with Crippen LogP contribution in [-0.2, 0) is 9.59 Å². The Balaban J connectivity index is 0. The summed E-state index contributed by atoms with van der Waals surface area (Å²) in [5, 5.41) is 11.0. The van der Waals surface area contributed by atoms with Crippen LogP contribution in [0.4, 0.5) is 0 Å². The maximum absolute atomic E-state index is 11.0. The van der Waals surface area contributed by atoms with E-state index in [9.17, 15) is 9.59 Å². The number of carbonyl (C=O) groups is 2. The maximum atomic E-state index is 11.0. The van der Waals surface area contributed by atoms with Crippen molar-refractivity contribution < 1.29 is 14.7 Å². The standard InChI is InChI=1S/C8H16N2O3.CH4/c1-5(2)4-10-7(11)3-6(9)8(12)13;/h5-6H,3-4,9H2,1-2H3,(H,10,11)(H,12,13);1H4. The molecule has 5 nitrogen and oxygen atoms in total. The van der Waals surface area contributed by atoms with Crippen LogP contribution in [0, 0.1) is 5.92 Å². The summed E-state index contributed by atoms with van der Waals surface area (Å²) in [6.07, 6.45) is -0.165. The highest BCUT2D eigenvalue weighted by atomic mass is 16.4. The lowest BCUT2D eigenvalue weighted by atomic mass is 10.2. The van der Waals surface area contributed by atoms with Crippen LogP contribution in [0.1, 0.15) is 27.7 Å². The fourth-order valence-electron chi connectivity index (χ4n) is 0.677. The molecule has 0 radical (unpaired) electrons. The molecule has 0 fully saturated rings. The monoisotopic (exact) mass is 204 g/mol. The van der Waals surface area contributed by atoms with E-state index in [1.54, 1.807) is 0 Å². The molecule has 5 heteroatoms. The molecule has 4 N–H and O–H groups in total. The highest BCUT2D eigenvalue weighted by molar-refractivity contribution is 5.84. The molecule has 0 spiro atoms. The predicted octanol–water partition coefficient (Wildman–Crippen LogP) is 0.197. The van der Waals surface area contributed by atoms with Crippen molar-refractivity contribution in [1.29, 1.82) is 0 Å². The minimum Gasteiger partial charge on any atom is -0.480 e. The van der Waals surface area contributed by atoms with E-state index in [-0.39, 0.29) is 19.8 Å². The predicted molar refractivity (Wildman–Crippen MR) is 54.8 cm³/mol. The number of nitrogens with one attached hydrogen (secondary N) is 1. The molecule has 0 saturated carbocycles. The Labute approximate surface area is 84.7 Å². The van der Waals surface area contributed by atoms with E-state index in [0.29, 0.717) is 12.5 Å². The topological polar surface area (TPSA) is 92.4 Å². The van der Waals surface area contributed by atoms with E-state index in [2.05, 4.69) is 5.32 Å². The third kappa shape index (κ3) is 7.54. The summed E-state index contributed by atoms with van der Waals surface area (Å²) in [4.78, 5) is 21.3. The molecule has 0 aromatic carbocycles. The van der Waals surface area contributed by atoms with Crippen LogP contribution < -0.4 is 11.1 Å². The van der Waals surface area contributed by atoms with Crippen LogP contribution in [0.2, 0.25) is 0 Å². The van der Waals surface area contributed by atoms with Crippen LogP contribution in [0.5, 0.6) is 0 Å². The van der Waals surface area contributed by atoms with Gasteiger partial charge in [0.25, 0.3) is 0 Å². The Morgan fingerprint density at radius 2 is 1.93 bits per heavy atom. The number of carboxylic acids is 1. The van der Waals surface area contributed by atoms with Gasteiger partial charge in [0.2, 0.25) is 5.91 Å². The van der Waals surface area contributed by atoms with Crippen LogP contribution in [-0.4, -0.2) is 29.6 Å². The van der Waals surface area contributed by atoms with Gasteiger partial charge in [0.15, 0.2) is 0 Å². The maximum Gasteiger partial charge on any atom is 0.321 e. The second-order valence-corrected chi connectivity index (χ2v) is 3.35. The zero-order valence-electron chi connectivity index (χ0n) is 7.91. The molecular weight excluding hydrogens is 184 g/mol.